The molecular formula is C17H15N3O5S. The van der Waals surface area contributed by atoms with Crippen molar-refractivity contribution in [1.82, 2.24) is 14.7 Å². The Morgan fingerprint density at radius 3 is 2.73 bits per heavy atom. The number of benzene rings is 2. The molecule has 4 aromatic rings. The summed E-state index contributed by atoms with van der Waals surface area (Å²) < 4.78 is 37.6. The van der Waals surface area contributed by atoms with Gasteiger partial charge in [0, 0.05) is 16.6 Å². The number of aromatic amines is 2. The van der Waals surface area contributed by atoms with Gasteiger partial charge < -0.3 is 14.1 Å². The summed E-state index contributed by atoms with van der Waals surface area (Å²) in [5.74, 6) is 0.0991. The van der Waals surface area contributed by atoms with E-state index in [0.717, 1.165) is 22.3 Å². The molecule has 0 amide bonds. The largest absolute Gasteiger partial charge is 0.497 e. The van der Waals surface area contributed by atoms with Crippen molar-refractivity contribution in [3.63, 3.8) is 0 Å². The number of H-pyrrole nitrogens is 2. The van der Waals surface area contributed by atoms with Crippen LogP contribution in [0.3, 0.4) is 0 Å². The highest BCUT2D eigenvalue weighted by Crippen LogP contribution is 2.22. The fourth-order valence-electron chi connectivity index (χ4n) is 2.75. The van der Waals surface area contributed by atoms with Gasteiger partial charge in [-0.1, -0.05) is 0 Å². The Bertz CT molecular complexity index is 1270. The van der Waals surface area contributed by atoms with E-state index in [1.165, 1.54) is 18.2 Å². The minimum absolute atomic E-state index is 0.0415. The number of rotatable bonds is 5. The van der Waals surface area contributed by atoms with Gasteiger partial charge in [0.1, 0.15) is 5.75 Å². The van der Waals surface area contributed by atoms with Crippen molar-refractivity contribution >= 4 is 32.0 Å². The zero-order valence-electron chi connectivity index (χ0n) is 13.7. The molecular weight excluding hydrogens is 358 g/mol. The Morgan fingerprint density at radius 2 is 1.92 bits per heavy atom. The molecule has 0 saturated carbocycles. The molecule has 0 fully saturated rings. The number of aromatic nitrogens is 2. The van der Waals surface area contributed by atoms with Crippen LogP contribution in [0.5, 0.6) is 5.75 Å². The van der Waals surface area contributed by atoms with Gasteiger partial charge in [-0.2, -0.15) is 0 Å². The molecule has 0 spiro atoms. The standard InChI is InChI=1S/C17H15N3O5S/c1-24-12-2-4-14-10(7-12)6-11(19-14)9-18-26(22,23)13-3-5-16-15(8-13)20-17(21)25-16/h2-8,18-19H,9H2,1H3,(H,20,21). The molecule has 134 valence electrons. The van der Waals surface area contributed by atoms with Crippen molar-refractivity contribution in [2.75, 3.05) is 7.11 Å². The second-order valence-electron chi connectivity index (χ2n) is 5.74. The highest BCUT2D eigenvalue weighted by atomic mass is 32.2. The van der Waals surface area contributed by atoms with Crippen molar-refractivity contribution in [3.05, 3.63) is 58.7 Å². The lowest BCUT2D eigenvalue weighted by molar-refractivity contribution is 0.415. The Balaban J connectivity index is 1.58. The Labute approximate surface area is 147 Å². The first kappa shape index (κ1) is 16.4. The number of fused-ring (bicyclic) bond motifs is 2. The number of sulfonamides is 1. The fourth-order valence-corrected chi connectivity index (χ4v) is 3.78. The van der Waals surface area contributed by atoms with Crippen LogP contribution >= 0.6 is 0 Å². The van der Waals surface area contributed by atoms with E-state index < -0.39 is 15.8 Å². The molecule has 9 heteroatoms. The summed E-state index contributed by atoms with van der Waals surface area (Å²) in [7, 11) is -2.16. The van der Waals surface area contributed by atoms with E-state index in [4.69, 9.17) is 9.15 Å². The highest BCUT2D eigenvalue weighted by molar-refractivity contribution is 7.89. The molecule has 2 heterocycles. The number of hydrogen-bond donors (Lipinski definition) is 3. The normalized spacial score (nSPS) is 12.0. The molecule has 26 heavy (non-hydrogen) atoms. The van der Waals surface area contributed by atoms with Crippen LogP contribution in [0.2, 0.25) is 0 Å². The maximum absolute atomic E-state index is 12.5. The molecule has 0 saturated heterocycles. The first-order valence-corrected chi connectivity index (χ1v) is 9.21. The third-order valence-electron chi connectivity index (χ3n) is 4.04. The summed E-state index contributed by atoms with van der Waals surface area (Å²) in [5.41, 5.74) is 2.24. The zero-order valence-corrected chi connectivity index (χ0v) is 14.5. The second-order valence-corrected chi connectivity index (χ2v) is 7.51. The minimum Gasteiger partial charge on any atom is -0.497 e. The van der Waals surface area contributed by atoms with Crippen molar-refractivity contribution in [1.29, 1.82) is 0 Å². The van der Waals surface area contributed by atoms with Crippen LogP contribution in [-0.4, -0.2) is 25.5 Å². The SMILES string of the molecule is COc1ccc2[nH]c(CNS(=O)(=O)c3ccc4oc(=O)[nH]c4c3)cc2c1. The van der Waals surface area contributed by atoms with E-state index >= 15 is 0 Å². The first-order chi connectivity index (χ1) is 12.4. The van der Waals surface area contributed by atoms with Gasteiger partial charge in [0.25, 0.3) is 0 Å². The highest BCUT2D eigenvalue weighted by Gasteiger charge is 2.16. The first-order valence-electron chi connectivity index (χ1n) is 7.73. The molecule has 0 radical (unpaired) electrons. The van der Waals surface area contributed by atoms with E-state index in [-0.39, 0.29) is 11.4 Å². The fraction of sp³-hybridized carbons (Fsp3) is 0.118. The summed E-state index contributed by atoms with van der Waals surface area (Å²) in [6, 6.07) is 11.6. The number of ether oxygens (including phenoxy) is 1. The van der Waals surface area contributed by atoms with E-state index in [1.807, 2.05) is 24.3 Å². The Morgan fingerprint density at radius 1 is 1.08 bits per heavy atom. The summed E-state index contributed by atoms with van der Waals surface area (Å²) in [6.45, 7) is 0.0965. The van der Waals surface area contributed by atoms with Gasteiger partial charge in [-0.15, -0.1) is 0 Å². The molecule has 8 nitrogen and oxygen atoms in total. The van der Waals surface area contributed by atoms with Gasteiger partial charge >= 0.3 is 5.76 Å². The monoisotopic (exact) mass is 373 g/mol. The summed E-state index contributed by atoms with van der Waals surface area (Å²) in [4.78, 5) is 16.8. The predicted octanol–water partition coefficient (Wildman–Crippen LogP) is 2.09. The second kappa shape index (κ2) is 6.04. The molecule has 2 aromatic carbocycles. The van der Waals surface area contributed by atoms with Gasteiger partial charge in [-0.25, -0.2) is 17.9 Å². The van der Waals surface area contributed by atoms with Crippen molar-refractivity contribution in [2.24, 2.45) is 0 Å². The average Bonchev–Trinajstić information content (AvgIpc) is 3.20. The van der Waals surface area contributed by atoms with Crippen LogP contribution in [-0.2, 0) is 16.6 Å². The number of oxazole rings is 1. The van der Waals surface area contributed by atoms with Crippen molar-refractivity contribution in [2.45, 2.75) is 11.4 Å². The lowest BCUT2D eigenvalue weighted by Gasteiger charge is -2.05. The van der Waals surface area contributed by atoms with E-state index in [1.54, 1.807) is 7.11 Å². The van der Waals surface area contributed by atoms with Crippen LogP contribution in [0.15, 0.2) is 56.6 Å². The third-order valence-corrected chi connectivity index (χ3v) is 5.44. The van der Waals surface area contributed by atoms with Gasteiger partial charge in [-0.05, 0) is 42.5 Å². The summed E-state index contributed by atoms with van der Waals surface area (Å²) >= 11 is 0. The summed E-state index contributed by atoms with van der Waals surface area (Å²) in [6.07, 6.45) is 0. The average molecular weight is 373 g/mol. The predicted molar refractivity (Wildman–Crippen MR) is 95.7 cm³/mol. The Hall–Kier alpha value is -3.04. The van der Waals surface area contributed by atoms with E-state index in [0.29, 0.717) is 11.1 Å². The van der Waals surface area contributed by atoms with Crippen LogP contribution in [0.4, 0.5) is 0 Å². The maximum atomic E-state index is 12.5. The topological polar surface area (TPSA) is 117 Å². The maximum Gasteiger partial charge on any atom is 0.417 e. The molecule has 3 N–H and O–H groups in total. The molecule has 2 aromatic heterocycles. The number of nitrogens with one attached hydrogen (secondary N) is 3. The lowest BCUT2D eigenvalue weighted by Crippen LogP contribution is -2.23. The van der Waals surface area contributed by atoms with E-state index in [2.05, 4.69) is 14.7 Å². The smallest absolute Gasteiger partial charge is 0.417 e. The quantitative estimate of drug-likeness (QED) is 0.495. The van der Waals surface area contributed by atoms with Gasteiger partial charge in [0.2, 0.25) is 10.0 Å². The van der Waals surface area contributed by atoms with Crippen LogP contribution in [0.25, 0.3) is 22.0 Å². The summed E-state index contributed by atoms with van der Waals surface area (Å²) in [5, 5.41) is 0.927. The molecule has 0 atom stereocenters. The number of methoxy groups -OCH3 is 1. The van der Waals surface area contributed by atoms with Crippen LogP contribution < -0.4 is 15.2 Å². The van der Waals surface area contributed by atoms with Crippen molar-refractivity contribution in [3.8, 4) is 5.75 Å². The van der Waals surface area contributed by atoms with Crippen LogP contribution in [0, 0.1) is 0 Å². The van der Waals surface area contributed by atoms with Gasteiger partial charge in [0.05, 0.1) is 24.1 Å². The molecule has 0 unspecified atom stereocenters. The molecule has 0 bridgehead atoms. The Kier molecular flexibility index (Phi) is 3.82. The minimum atomic E-state index is -3.75. The number of hydrogen-bond acceptors (Lipinski definition) is 5. The zero-order chi connectivity index (χ0) is 18.3. The van der Waals surface area contributed by atoms with Crippen LogP contribution in [0.1, 0.15) is 5.69 Å². The van der Waals surface area contributed by atoms with Gasteiger partial charge in [-0.3, -0.25) is 4.98 Å². The molecule has 0 aliphatic carbocycles. The third kappa shape index (κ3) is 2.98. The molecule has 4 rings (SSSR count). The van der Waals surface area contributed by atoms with Gasteiger partial charge in [0.15, 0.2) is 5.58 Å². The van der Waals surface area contributed by atoms with E-state index in [9.17, 15) is 13.2 Å². The molecule has 0 aliphatic heterocycles. The lowest BCUT2D eigenvalue weighted by atomic mass is 10.2. The van der Waals surface area contributed by atoms with Crippen molar-refractivity contribution < 1.29 is 17.6 Å². The molecule has 0 aliphatic rings.